The van der Waals surface area contributed by atoms with Gasteiger partial charge in [0.05, 0.1) is 11.6 Å². The highest BCUT2D eigenvalue weighted by Crippen LogP contribution is 2.30. The molecule has 132 valence electrons. The lowest BCUT2D eigenvalue weighted by molar-refractivity contribution is -0.119. The van der Waals surface area contributed by atoms with Crippen molar-refractivity contribution in [3.63, 3.8) is 0 Å². The van der Waals surface area contributed by atoms with E-state index in [0.29, 0.717) is 17.4 Å². The predicted molar refractivity (Wildman–Crippen MR) is 101 cm³/mol. The molecular weight excluding hydrogens is 338 g/mol. The number of carbonyl (C=O) groups is 1. The number of hydrogen-bond acceptors (Lipinski definition) is 5. The third-order valence-electron chi connectivity index (χ3n) is 4.15. The molecule has 0 atom stereocenters. The molecule has 0 unspecified atom stereocenters. The molecule has 7 heteroatoms. The van der Waals surface area contributed by atoms with Crippen LogP contribution in [0.4, 0.5) is 11.6 Å². The number of hydrogen-bond donors (Lipinski definition) is 2. The van der Waals surface area contributed by atoms with Crippen LogP contribution in [0.25, 0.3) is 11.1 Å². The second-order valence-electron chi connectivity index (χ2n) is 5.96. The summed E-state index contributed by atoms with van der Waals surface area (Å²) in [6.45, 7) is 4.80. The zero-order valence-corrected chi connectivity index (χ0v) is 15.0. The van der Waals surface area contributed by atoms with Crippen molar-refractivity contribution in [3.8, 4) is 11.1 Å². The van der Waals surface area contributed by atoms with Gasteiger partial charge in [-0.15, -0.1) is 0 Å². The Hall–Kier alpha value is -2.34. The number of nitrogens with zero attached hydrogens (tertiary/aromatic N) is 3. The molecule has 1 fully saturated rings. The van der Waals surface area contributed by atoms with Crippen LogP contribution in [0, 0.1) is 0 Å². The molecule has 6 nitrogen and oxygen atoms in total. The molecule has 2 aromatic heterocycles. The van der Waals surface area contributed by atoms with Gasteiger partial charge < -0.3 is 15.5 Å². The minimum Gasteiger partial charge on any atom is -0.361 e. The Bertz CT molecular complexity index is 729. The molecule has 25 heavy (non-hydrogen) atoms. The van der Waals surface area contributed by atoms with Gasteiger partial charge in [-0.05, 0) is 38.0 Å². The van der Waals surface area contributed by atoms with Crippen molar-refractivity contribution in [2.45, 2.75) is 19.8 Å². The SMILES string of the molecule is CCNC(=O)CNc1cc(-c2ccc(N3CCCC3)nc2)c(Cl)cn1. The quantitative estimate of drug-likeness (QED) is 0.829. The average molecular weight is 360 g/mol. The number of pyridine rings is 2. The molecule has 0 saturated carbocycles. The average Bonchev–Trinajstić information content (AvgIpc) is 3.16. The maximum absolute atomic E-state index is 11.6. The maximum atomic E-state index is 11.6. The van der Waals surface area contributed by atoms with Crippen LogP contribution in [-0.4, -0.2) is 42.1 Å². The maximum Gasteiger partial charge on any atom is 0.239 e. The summed E-state index contributed by atoms with van der Waals surface area (Å²) in [5.74, 6) is 1.53. The smallest absolute Gasteiger partial charge is 0.239 e. The first-order chi connectivity index (χ1) is 12.2. The van der Waals surface area contributed by atoms with Crippen LogP contribution in [0.1, 0.15) is 19.8 Å². The summed E-state index contributed by atoms with van der Waals surface area (Å²) < 4.78 is 0. The summed E-state index contributed by atoms with van der Waals surface area (Å²) in [4.78, 5) is 22.6. The Morgan fingerprint density at radius 3 is 2.72 bits per heavy atom. The largest absolute Gasteiger partial charge is 0.361 e. The van der Waals surface area contributed by atoms with Gasteiger partial charge in [0.1, 0.15) is 11.6 Å². The lowest BCUT2D eigenvalue weighted by Gasteiger charge is -2.16. The van der Waals surface area contributed by atoms with E-state index in [1.54, 1.807) is 6.20 Å². The van der Waals surface area contributed by atoms with Crippen molar-refractivity contribution in [1.29, 1.82) is 0 Å². The minimum atomic E-state index is -0.0718. The molecule has 0 aromatic carbocycles. The van der Waals surface area contributed by atoms with Crippen molar-refractivity contribution in [2.75, 3.05) is 36.4 Å². The summed E-state index contributed by atoms with van der Waals surface area (Å²) in [6, 6.07) is 5.89. The van der Waals surface area contributed by atoms with E-state index in [0.717, 1.165) is 30.0 Å². The molecule has 0 aliphatic carbocycles. The zero-order chi connectivity index (χ0) is 17.6. The molecule has 3 rings (SSSR count). The number of nitrogens with one attached hydrogen (secondary N) is 2. The first-order valence-corrected chi connectivity index (χ1v) is 8.92. The van der Waals surface area contributed by atoms with Crippen molar-refractivity contribution in [2.24, 2.45) is 0 Å². The monoisotopic (exact) mass is 359 g/mol. The molecule has 1 aliphatic rings. The van der Waals surface area contributed by atoms with E-state index in [1.165, 1.54) is 12.8 Å². The van der Waals surface area contributed by atoms with E-state index in [9.17, 15) is 4.79 Å². The highest BCUT2D eigenvalue weighted by atomic mass is 35.5. The molecule has 0 bridgehead atoms. The van der Waals surface area contributed by atoms with Crippen LogP contribution in [0.3, 0.4) is 0 Å². The fraction of sp³-hybridized carbons (Fsp3) is 0.389. The van der Waals surface area contributed by atoms with Crippen LogP contribution in [0.15, 0.2) is 30.6 Å². The summed E-state index contributed by atoms with van der Waals surface area (Å²) in [5.41, 5.74) is 1.77. The number of likely N-dealkylation sites (N-methyl/N-ethyl adjacent to an activating group) is 1. The molecule has 1 aliphatic heterocycles. The van der Waals surface area contributed by atoms with E-state index < -0.39 is 0 Å². The first kappa shape index (κ1) is 17.5. The Morgan fingerprint density at radius 1 is 1.24 bits per heavy atom. The Balaban J connectivity index is 1.74. The van der Waals surface area contributed by atoms with Gasteiger partial charge in [-0.25, -0.2) is 9.97 Å². The van der Waals surface area contributed by atoms with Gasteiger partial charge in [0.25, 0.3) is 0 Å². The Morgan fingerprint density at radius 2 is 2.04 bits per heavy atom. The van der Waals surface area contributed by atoms with Crippen LogP contribution < -0.4 is 15.5 Å². The van der Waals surface area contributed by atoms with Crippen LogP contribution >= 0.6 is 11.6 Å². The molecule has 1 saturated heterocycles. The summed E-state index contributed by atoms with van der Waals surface area (Å²) >= 11 is 6.30. The topological polar surface area (TPSA) is 70.2 Å². The molecule has 0 spiro atoms. The van der Waals surface area contributed by atoms with E-state index in [4.69, 9.17) is 11.6 Å². The molecule has 2 aromatic rings. The summed E-state index contributed by atoms with van der Waals surface area (Å²) in [5, 5.41) is 6.30. The van der Waals surface area contributed by atoms with Gasteiger partial charge in [-0.1, -0.05) is 11.6 Å². The molecule has 0 radical (unpaired) electrons. The van der Waals surface area contributed by atoms with Gasteiger partial charge in [0, 0.05) is 43.2 Å². The number of rotatable bonds is 6. The molecule has 3 heterocycles. The normalized spacial score (nSPS) is 13.8. The number of carbonyl (C=O) groups excluding carboxylic acids is 1. The third-order valence-corrected chi connectivity index (χ3v) is 4.45. The Labute approximate surface area is 152 Å². The van der Waals surface area contributed by atoms with Crippen molar-refractivity contribution in [3.05, 3.63) is 35.6 Å². The lowest BCUT2D eigenvalue weighted by atomic mass is 10.1. The number of amides is 1. The highest BCUT2D eigenvalue weighted by molar-refractivity contribution is 6.33. The molecule has 2 N–H and O–H groups in total. The van der Waals surface area contributed by atoms with E-state index in [2.05, 4.69) is 25.5 Å². The molecule has 1 amide bonds. The fourth-order valence-corrected chi connectivity index (χ4v) is 3.08. The van der Waals surface area contributed by atoms with E-state index in [-0.39, 0.29) is 12.5 Å². The Kier molecular flexibility index (Phi) is 5.71. The van der Waals surface area contributed by atoms with Crippen molar-refractivity contribution in [1.82, 2.24) is 15.3 Å². The standard InChI is InChI=1S/C18H22ClN5O/c1-2-20-18(25)12-22-16-9-14(15(19)11-21-16)13-5-6-17(23-10-13)24-7-3-4-8-24/h5-6,9-11H,2-4,7-8,12H2,1H3,(H,20,25)(H,21,22). The summed E-state index contributed by atoms with van der Waals surface area (Å²) in [7, 11) is 0. The second-order valence-corrected chi connectivity index (χ2v) is 6.36. The van der Waals surface area contributed by atoms with Gasteiger partial charge in [0.2, 0.25) is 5.91 Å². The number of anilines is 2. The highest BCUT2D eigenvalue weighted by Gasteiger charge is 2.14. The first-order valence-electron chi connectivity index (χ1n) is 8.55. The van der Waals surface area contributed by atoms with Crippen LogP contribution in [0.2, 0.25) is 5.02 Å². The third kappa shape index (κ3) is 4.39. The van der Waals surface area contributed by atoms with Gasteiger partial charge in [-0.3, -0.25) is 4.79 Å². The minimum absolute atomic E-state index is 0.0718. The molecular formula is C18H22ClN5O. The van der Waals surface area contributed by atoms with Crippen molar-refractivity contribution < 1.29 is 4.79 Å². The van der Waals surface area contributed by atoms with Crippen LogP contribution in [-0.2, 0) is 4.79 Å². The lowest BCUT2D eigenvalue weighted by Crippen LogP contribution is -2.29. The number of halogens is 1. The fourth-order valence-electron chi connectivity index (χ4n) is 2.87. The van der Waals surface area contributed by atoms with E-state index in [1.807, 2.05) is 31.3 Å². The van der Waals surface area contributed by atoms with Gasteiger partial charge >= 0.3 is 0 Å². The van der Waals surface area contributed by atoms with Gasteiger partial charge in [-0.2, -0.15) is 0 Å². The van der Waals surface area contributed by atoms with E-state index >= 15 is 0 Å². The zero-order valence-electron chi connectivity index (χ0n) is 14.3. The second kappa shape index (κ2) is 8.16. The number of aromatic nitrogens is 2. The van der Waals surface area contributed by atoms with Crippen molar-refractivity contribution >= 4 is 29.1 Å². The van der Waals surface area contributed by atoms with Crippen LogP contribution in [0.5, 0.6) is 0 Å². The van der Waals surface area contributed by atoms with Gasteiger partial charge in [0.15, 0.2) is 0 Å². The predicted octanol–water partition coefficient (Wildman–Crippen LogP) is 2.95. The summed E-state index contributed by atoms with van der Waals surface area (Å²) in [6.07, 6.45) is 5.87.